The first-order valence-corrected chi connectivity index (χ1v) is 11.0. The van der Waals surface area contributed by atoms with Crippen molar-refractivity contribution in [1.29, 1.82) is 0 Å². The third kappa shape index (κ3) is 3.53. The number of rotatable bonds is 6. The number of methoxy groups -OCH3 is 3. The van der Waals surface area contributed by atoms with Crippen LogP contribution < -0.4 is 19.1 Å². The predicted octanol–water partition coefficient (Wildman–Crippen LogP) is 4.80. The van der Waals surface area contributed by atoms with Crippen molar-refractivity contribution < 1.29 is 23.8 Å². The van der Waals surface area contributed by atoms with Gasteiger partial charge in [-0.1, -0.05) is 31.2 Å². The summed E-state index contributed by atoms with van der Waals surface area (Å²) in [5.74, 6) is 1.20. The summed E-state index contributed by atoms with van der Waals surface area (Å²) in [6.45, 7) is 2.08. The van der Waals surface area contributed by atoms with Crippen LogP contribution in [0, 0.1) is 0 Å². The molecule has 6 nitrogen and oxygen atoms in total. The van der Waals surface area contributed by atoms with Crippen LogP contribution in [-0.4, -0.2) is 33.0 Å². The largest absolute Gasteiger partial charge is 0.493 e. The minimum atomic E-state index is -0.384. The number of allylic oxidation sites excluding steroid dienone is 2. The number of carbonyl (C=O) groups is 2. The molecule has 0 aromatic heterocycles. The molecule has 2 aliphatic rings. The zero-order valence-corrected chi connectivity index (χ0v) is 19.1. The quantitative estimate of drug-likeness (QED) is 0.652. The Kier molecular flexibility index (Phi) is 6.21. The summed E-state index contributed by atoms with van der Waals surface area (Å²) in [4.78, 5) is 28.6. The molecular weight excluding hydrogens is 406 g/mol. The van der Waals surface area contributed by atoms with Crippen molar-refractivity contribution in [3.63, 3.8) is 0 Å². The van der Waals surface area contributed by atoms with Gasteiger partial charge in [0, 0.05) is 35.6 Å². The van der Waals surface area contributed by atoms with Gasteiger partial charge in [-0.25, -0.2) is 0 Å². The van der Waals surface area contributed by atoms with Gasteiger partial charge in [-0.15, -0.1) is 0 Å². The number of nitrogens with zero attached hydrogens (tertiary/aromatic N) is 1. The normalized spacial score (nSPS) is 18.5. The fraction of sp³-hybridized carbons (Fsp3) is 0.385. The molecule has 0 saturated carbocycles. The third-order valence-electron chi connectivity index (χ3n) is 6.40. The Bertz CT molecular complexity index is 1090. The molecule has 2 aromatic rings. The molecule has 0 N–H and O–H groups in total. The van der Waals surface area contributed by atoms with Crippen LogP contribution in [0.3, 0.4) is 0 Å². The van der Waals surface area contributed by atoms with Crippen molar-refractivity contribution in [3.05, 3.63) is 58.8 Å². The molecule has 0 spiro atoms. The maximum absolute atomic E-state index is 13.6. The van der Waals surface area contributed by atoms with Gasteiger partial charge in [-0.05, 0) is 37.0 Å². The second-order valence-corrected chi connectivity index (χ2v) is 8.03. The maximum Gasteiger partial charge on any atom is 0.232 e. The molecule has 1 atom stereocenters. The summed E-state index contributed by atoms with van der Waals surface area (Å²) < 4.78 is 16.7. The SMILES string of the molecule is CCc1ccccc1N1C(=O)C[C@H](c2ccc(OC)c(OC)c2OC)C2=C1CCCC2=O. The number of anilines is 1. The smallest absolute Gasteiger partial charge is 0.232 e. The molecule has 1 aliphatic heterocycles. The predicted molar refractivity (Wildman–Crippen MR) is 123 cm³/mol. The van der Waals surface area contributed by atoms with Gasteiger partial charge in [0.05, 0.1) is 27.0 Å². The first-order valence-electron chi connectivity index (χ1n) is 11.0. The van der Waals surface area contributed by atoms with E-state index < -0.39 is 0 Å². The molecule has 1 amide bonds. The van der Waals surface area contributed by atoms with E-state index in [0.29, 0.717) is 35.7 Å². The van der Waals surface area contributed by atoms with Gasteiger partial charge in [-0.3, -0.25) is 14.5 Å². The lowest BCUT2D eigenvalue weighted by atomic mass is 9.76. The highest BCUT2D eigenvalue weighted by atomic mass is 16.5. The fourth-order valence-corrected chi connectivity index (χ4v) is 4.96. The Hall–Kier alpha value is -3.28. The van der Waals surface area contributed by atoms with Crippen LogP contribution in [0.1, 0.15) is 49.7 Å². The molecule has 0 unspecified atom stereocenters. The highest BCUT2D eigenvalue weighted by Crippen LogP contribution is 2.50. The van der Waals surface area contributed by atoms with E-state index in [-0.39, 0.29) is 24.0 Å². The summed E-state index contributed by atoms with van der Waals surface area (Å²) >= 11 is 0. The molecule has 0 radical (unpaired) electrons. The molecular formula is C26H29NO5. The number of amides is 1. The molecule has 6 heteroatoms. The first-order chi connectivity index (χ1) is 15.5. The van der Waals surface area contributed by atoms with E-state index in [0.717, 1.165) is 35.4 Å². The second kappa shape index (κ2) is 9.07. The van der Waals surface area contributed by atoms with Crippen molar-refractivity contribution in [2.24, 2.45) is 0 Å². The molecule has 4 rings (SSSR count). The van der Waals surface area contributed by atoms with Crippen LogP contribution in [0.4, 0.5) is 5.69 Å². The van der Waals surface area contributed by atoms with Gasteiger partial charge in [0.1, 0.15) is 0 Å². The number of benzene rings is 2. The van der Waals surface area contributed by atoms with E-state index in [9.17, 15) is 9.59 Å². The fourth-order valence-electron chi connectivity index (χ4n) is 4.96. The summed E-state index contributed by atoms with van der Waals surface area (Å²) in [5.41, 5.74) is 4.27. The Balaban J connectivity index is 1.92. The lowest BCUT2D eigenvalue weighted by Crippen LogP contribution is -2.41. The van der Waals surface area contributed by atoms with Crippen LogP contribution in [0.5, 0.6) is 17.2 Å². The average molecular weight is 436 g/mol. The van der Waals surface area contributed by atoms with E-state index in [2.05, 4.69) is 6.92 Å². The lowest BCUT2D eigenvalue weighted by Gasteiger charge is -2.39. The molecule has 2 aromatic carbocycles. The van der Waals surface area contributed by atoms with Crippen LogP contribution >= 0.6 is 0 Å². The van der Waals surface area contributed by atoms with Crippen molar-refractivity contribution in [1.82, 2.24) is 0 Å². The van der Waals surface area contributed by atoms with Gasteiger partial charge in [0.25, 0.3) is 0 Å². The number of para-hydroxylation sites is 1. The number of ether oxygens (including phenoxy) is 3. The number of hydrogen-bond donors (Lipinski definition) is 0. The highest BCUT2D eigenvalue weighted by molar-refractivity contribution is 6.08. The Labute approximate surface area is 188 Å². The van der Waals surface area contributed by atoms with E-state index >= 15 is 0 Å². The van der Waals surface area contributed by atoms with E-state index in [1.54, 1.807) is 32.3 Å². The minimum absolute atomic E-state index is 0.0128. The first kappa shape index (κ1) is 21.9. The molecule has 1 heterocycles. The number of Topliss-reactive ketones (excluding diaryl/α,β-unsaturated/α-hetero) is 1. The molecule has 32 heavy (non-hydrogen) atoms. The van der Waals surface area contributed by atoms with Gasteiger partial charge >= 0.3 is 0 Å². The summed E-state index contributed by atoms with van der Waals surface area (Å²) in [5, 5.41) is 0. The van der Waals surface area contributed by atoms with Gasteiger partial charge in [-0.2, -0.15) is 0 Å². The zero-order valence-electron chi connectivity index (χ0n) is 19.1. The Morgan fingerprint density at radius 2 is 1.69 bits per heavy atom. The van der Waals surface area contributed by atoms with Crippen LogP contribution in [0.25, 0.3) is 0 Å². The number of carbonyl (C=O) groups excluding carboxylic acids is 2. The van der Waals surface area contributed by atoms with Crippen molar-refractivity contribution in [2.75, 3.05) is 26.2 Å². The monoisotopic (exact) mass is 435 g/mol. The van der Waals surface area contributed by atoms with Gasteiger partial charge < -0.3 is 14.2 Å². The topological polar surface area (TPSA) is 65.1 Å². The molecule has 0 fully saturated rings. The Morgan fingerprint density at radius 1 is 0.938 bits per heavy atom. The average Bonchev–Trinajstić information content (AvgIpc) is 2.82. The van der Waals surface area contributed by atoms with Gasteiger partial charge in [0.2, 0.25) is 11.7 Å². The highest BCUT2D eigenvalue weighted by Gasteiger charge is 2.41. The van der Waals surface area contributed by atoms with Gasteiger partial charge in [0.15, 0.2) is 17.3 Å². The molecule has 0 saturated heterocycles. The number of hydrogen-bond acceptors (Lipinski definition) is 5. The van der Waals surface area contributed by atoms with E-state index in [1.165, 1.54) is 0 Å². The maximum atomic E-state index is 13.6. The van der Waals surface area contributed by atoms with Crippen molar-refractivity contribution in [2.45, 2.75) is 44.9 Å². The summed E-state index contributed by atoms with van der Waals surface area (Å²) in [7, 11) is 4.68. The zero-order chi connectivity index (χ0) is 22.8. The van der Waals surface area contributed by atoms with Crippen LogP contribution in [-0.2, 0) is 16.0 Å². The van der Waals surface area contributed by atoms with Crippen molar-refractivity contribution in [3.8, 4) is 17.2 Å². The van der Waals surface area contributed by atoms with Crippen LogP contribution in [0.2, 0.25) is 0 Å². The number of aryl methyl sites for hydroxylation is 1. The molecule has 168 valence electrons. The van der Waals surface area contributed by atoms with Crippen molar-refractivity contribution >= 4 is 17.4 Å². The third-order valence-corrected chi connectivity index (χ3v) is 6.40. The number of ketones is 1. The second-order valence-electron chi connectivity index (χ2n) is 8.03. The summed E-state index contributed by atoms with van der Waals surface area (Å²) in [6.07, 6.45) is 2.92. The lowest BCUT2D eigenvalue weighted by molar-refractivity contribution is -0.119. The van der Waals surface area contributed by atoms with Crippen LogP contribution in [0.15, 0.2) is 47.7 Å². The molecule has 1 aliphatic carbocycles. The Morgan fingerprint density at radius 3 is 2.38 bits per heavy atom. The van der Waals surface area contributed by atoms with E-state index in [4.69, 9.17) is 14.2 Å². The van der Waals surface area contributed by atoms with E-state index in [1.807, 2.05) is 30.3 Å². The molecule has 0 bridgehead atoms. The standard InChI is InChI=1S/C26H29NO5/c1-5-16-9-6-7-10-19(16)27-20-11-8-12-21(28)24(20)18(15-23(27)29)17-13-14-22(30-2)26(32-4)25(17)31-3/h6-7,9-10,13-14,18H,5,8,11-12,15H2,1-4H3/t18-/m1/s1. The minimum Gasteiger partial charge on any atom is -0.493 e. The summed E-state index contributed by atoms with van der Waals surface area (Å²) in [6, 6.07) is 11.6.